The number of H-pyrrole nitrogens is 1. The molecule has 1 N–H and O–H groups in total. The lowest BCUT2D eigenvalue weighted by atomic mass is 10.0. The summed E-state index contributed by atoms with van der Waals surface area (Å²) in [5.41, 5.74) is 4.11. The van der Waals surface area contributed by atoms with Gasteiger partial charge in [-0.2, -0.15) is 5.26 Å². The molecule has 0 spiro atoms. The molecular formula is C19H20N4O3. The number of benzene rings is 1. The highest BCUT2D eigenvalue weighted by atomic mass is 16.5. The van der Waals surface area contributed by atoms with Crippen LogP contribution in [0.5, 0.6) is 11.5 Å². The van der Waals surface area contributed by atoms with E-state index in [4.69, 9.17) is 14.7 Å². The first kappa shape index (κ1) is 17.5. The second kappa shape index (κ2) is 6.92. The van der Waals surface area contributed by atoms with Gasteiger partial charge in [0.2, 0.25) is 0 Å². The number of aromatic amines is 1. The number of fused-ring (bicyclic) bond motifs is 1. The summed E-state index contributed by atoms with van der Waals surface area (Å²) < 4.78 is 12.1. The van der Waals surface area contributed by atoms with E-state index in [9.17, 15) is 4.79 Å². The summed E-state index contributed by atoms with van der Waals surface area (Å²) in [6.45, 7) is 3.69. The van der Waals surface area contributed by atoms with E-state index >= 15 is 0 Å². The first-order chi connectivity index (χ1) is 12.5. The predicted octanol–water partition coefficient (Wildman–Crippen LogP) is 2.78. The average molecular weight is 352 g/mol. The summed E-state index contributed by atoms with van der Waals surface area (Å²) in [5, 5.41) is 11.9. The summed E-state index contributed by atoms with van der Waals surface area (Å²) in [6, 6.07) is 7.66. The SMILES string of the molecule is COc1ccc(-c2c(C)[nH]n3c(=O)c(CCC#N)c(C)nc23)cc1OC. The summed E-state index contributed by atoms with van der Waals surface area (Å²) in [7, 11) is 3.17. The zero-order chi connectivity index (χ0) is 18.8. The van der Waals surface area contributed by atoms with Crippen molar-refractivity contribution in [2.45, 2.75) is 26.7 Å². The van der Waals surface area contributed by atoms with Gasteiger partial charge in [0.05, 0.1) is 20.3 Å². The lowest BCUT2D eigenvalue weighted by Crippen LogP contribution is -2.21. The van der Waals surface area contributed by atoms with Crippen LogP contribution in [0.25, 0.3) is 16.8 Å². The molecule has 0 unspecified atom stereocenters. The Bertz CT molecular complexity index is 1070. The van der Waals surface area contributed by atoms with Gasteiger partial charge in [0, 0.05) is 28.9 Å². The van der Waals surface area contributed by atoms with E-state index in [1.165, 1.54) is 4.52 Å². The third-order valence-electron chi connectivity index (χ3n) is 4.42. The Hall–Kier alpha value is -3.27. The van der Waals surface area contributed by atoms with Crippen LogP contribution in [0.3, 0.4) is 0 Å². The fourth-order valence-corrected chi connectivity index (χ4v) is 3.13. The first-order valence-electron chi connectivity index (χ1n) is 8.22. The van der Waals surface area contributed by atoms with Crippen molar-refractivity contribution >= 4 is 5.65 Å². The van der Waals surface area contributed by atoms with Gasteiger partial charge >= 0.3 is 0 Å². The van der Waals surface area contributed by atoms with Gasteiger partial charge in [-0.25, -0.2) is 9.50 Å². The quantitative estimate of drug-likeness (QED) is 0.762. The number of ether oxygens (including phenoxy) is 2. The highest BCUT2D eigenvalue weighted by molar-refractivity contribution is 5.81. The minimum absolute atomic E-state index is 0.169. The molecule has 7 heteroatoms. The molecule has 0 aliphatic carbocycles. The van der Waals surface area contributed by atoms with Crippen LogP contribution in [0.1, 0.15) is 23.4 Å². The Kier molecular flexibility index (Phi) is 4.67. The number of nitriles is 1. The average Bonchev–Trinajstić information content (AvgIpc) is 2.97. The van der Waals surface area contributed by atoms with Crippen molar-refractivity contribution in [2.75, 3.05) is 14.2 Å². The van der Waals surface area contributed by atoms with E-state index in [-0.39, 0.29) is 12.0 Å². The molecule has 0 fully saturated rings. The van der Waals surface area contributed by atoms with Gasteiger partial charge in [0.25, 0.3) is 5.56 Å². The zero-order valence-corrected chi connectivity index (χ0v) is 15.2. The summed E-state index contributed by atoms with van der Waals surface area (Å²) >= 11 is 0. The van der Waals surface area contributed by atoms with Crippen molar-refractivity contribution in [3.05, 3.63) is 45.5 Å². The minimum atomic E-state index is -0.169. The maximum absolute atomic E-state index is 12.8. The Labute approximate surface area is 150 Å². The zero-order valence-electron chi connectivity index (χ0n) is 15.2. The number of aromatic nitrogens is 3. The van der Waals surface area contributed by atoms with Gasteiger partial charge in [0.15, 0.2) is 17.1 Å². The maximum Gasteiger partial charge on any atom is 0.276 e. The fraction of sp³-hybridized carbons (Fsp3) is 0.316. The van der Waals surface area contributed by atoms with Gasteiger partial charge in [-0.3, -0.25) is 9.89 Å². The van der Waals surface area contributed by atoms with Crippen molar-refractivity contribution in [3.63, 3.8) is 0 Å². The number of aryl methyl sites for hydroxylation is 2. The highest BCUT2D eigenvalue weighted by Crippen LogP contribution is 2.34. The Morgan fingerprint density at radius 2 is 1.96 bits per heavy atom. The van der Waals surface area contributed by atoms with Crippen molar-refractivity contribution in [1.29, 1.82) is 5.26 Å². The number of hydrogen-bond donors (Lipinski definition) is 1. The van der Waals surface area contributed by atoms with Crippen LogP contribution in [0.2, 0.25) is 0 Å². The van der Waals surface area contributed by atoms with Gasteiger partial charge in [0.1, 0.15) is 0 Å². The van der Waals surface area contributed by atoms with E-state index in [2.05, 4.69) is 16.2 Å². The van der Waals surface area contributed by atoms with Gasteiger partial charge < -0.3 is 9.47 Å². The van der Waals surface area contributed by atoms with Crippen LogP contribution in [-0.2, 0) is 6.42 Å². The van der Waals surface area contributed by atoms with Crippen LogP contribution >= 0.6 is 0 Å². The van der Waals surface area contributed by atoms with Crippen LogP contribution < -0.4 is 15.0 Å². The summed E-state index contributed by atoms with van der Waals surface area (Å²) in [4.78, 5) is 17.4. The third kappa shape index (κ3) is 2.80. The molecule has 3 rings (SSSR count). The lowest BCUT2D eigenvalue weighted by molar-refractivity contribution is 0.355. The number of nitrogens with zero attached hydrogens (tertiary/aromatic N) is 3. The van der Waals surface area contributed by atoms with E-state index in [0.29, 0.717) is 34.8 Å². The molecule has 1 aromatic carbocycles. The van der Waals surface area contributed by atoms with E-state index in [1.54, 1.807) is 21.1 Å². The molecule has 0 aliphatic heterocycles. The van der Waals surface area contributed by atoms with Crippen molar-refractivity contribution in [3.8, 4) is 28.7 Å². The largest absolute Gasteiger partial charge is 0.493 e. The molecule has 0 atom stereocenters. The smallest absolute Gasteiger partial charge is 0.276 e. The minimum Gasteiger partial charge on any atom is -0.493 e. The molecule has 3 aromatic rings. The number of hydrogen-bond acceptors (Lipinski definition) is 5. The van der Waals surface area contributed by atoms with Crippen LogP contribution in [0.15, 0.2) is 23.0 Å². The highest BCUT2D eigenvalue weighted by Gasteiger charge is 2.18. The van der Waals surface area contributed by atoms with Crippen molar-refractivity contribution in [2.24, 2.45) is 0 Å². The molecular weight excluding hydrogens is 332 g/mol. The fourth-order valence-electron chi connectivity index (χ4n) is 3.13. The molecule has 7 nitrogen and oxygen atoms in total. The summed E-state index contributed by atoms with van der Waals surface area (Å²) in [5.74, 6) is 1.24. The second-order valence-electron chi connectivity index (χ2n) is 5.98. The molecule has 2 aromatic heterocycles. The van der Waals surface area contributed by atoms with Crippen LogP contribution in [-0.4, -0.2) is 28.8 Å². The molecule has 0 saturated carbocycles. The van der Waals surface area contributed by atoms with Gasteiger partial charge in [-0.1, -0.05) is 6.07 Å². The molecule has 0 amide bonds. The Morgan fingerprint density at radius 1 is 1.23 bits per heavy atom. The number of rotatable bonds is 5. The van der Waals surface area contributed by atoms with E-state index in [1.807, 2.05) is 25.1 Å². The predicted molar refractivity (Wildman–Crippen MR) is 97.8 cm³/mol. The lowest BCUT2D eigenvalue weighted by Gasteiger charge is -2.10. The number of nitrogens with one attached hydrogen (secondary N) is 1. The van der Waals surface area contributed by atoms with E-state index in [0.717, 1.165) is 16.8 Å². The Balaban J connectivity index is 2.24. The Morgan fingerprint density at radius 3 is 2.62 bits per heavy atom. The van der Waals surface area contributed by atoms with Crippen molar-refractivity contribution < 1.29 is 9.47 Å². The molecule has 0 saturated heterocycles. The monoisotopic (exact) mass is 352 g/mol. The molecule has 0 aliphatic rings. The van der Waals surface area contributed by atoms with Crippen LogP contribution in [0.4, 0.5) is 0 Å². The molecule has 0 bridgehead atoms. The molecule has 134 valence electrons. The molecule has 26 heavy (non-hydrogen) atoms. The van der Waals surface area contributed by atoms with Crippen molar-refractivity contribution in [1.82, 2.24) is 14.6 Å². The maximum atomic E-state index is 12.8. The normalized spacial score (nSPS) is 10.7. The van der Waals surface area contributed by atoms with Gasteiger partial charge in [-0.15, -0.1) is 0 Å². The van der Waals surface area contributed by atoms with E-state index < -0.39 is 0 Å². The summed E-state index contributed by atoms with van der Waals surface area (Å²) in [6.07, 6.45) is 0.674. The molecule has 2 heterocycles. The first-order valence-corrected chi connectivity index (χ1v) is 8.22. The van der Waals surface area contributed by atoms with Crippen LogP contribution in [0, 0.1) is 25.2 Å². The second-order valence-corrected chi connectivity index (χ2v) is 5.98. The third-order valence-corrected chi connectivity index (χ3v) is 4.42. The molecule has 0 radical (unpaired) electrons. The number of methoxy groups -OCH3 is 2. The van der Waals surface area contributed by atoms with Gasteiger partial charge in [-0.05, 0) is 38.0 Å². The standard InChI is InChI=1S/C19H20N4O3/c1-11-14(6-5-9-20)19(24)23-18(21-11)17(12(2)22-23)13-7-8-15(25-3)16(10-13)26-4/h7-8,10,22H,5-6H2,1-4H3. The topological polar surface area (TPSA) is 92.4 Å².